The number of sulfone groups is 1. The monoisotopic (exact) mass is 447 g/mol. The Hall–Kier alpha value is -2.10. The van der Waals surface area contributed by atoms with Crippen molar-refractivity contribution in [2.75, 3.05) is 18.1 Å². The van der Waals surface area contributed by atoms with E-state index in [0.717, 1.165) is 37.8 Å². The first-order chi connectivity index (χ1) is 14.0. The molecular formula is C20H24F3NO5S. The zero-order valence-electron chi connectivity index (χ0n) is 16.4. The molecule has 1 unspecified atom stereocenters. The lowest BCUT2D eigenvalue weighted by atomic mass is 10.1. The Balaban J connectivity index is 1.57. The standard InChI is InChI=1S/C20H24F3NO5S/c21-20(22,23)15-7-5-14(6-8-15)11-19(26)29-12-18(25)24(16-3-1-2-4-16)17-9-10-30(27,28)13-17/h5-8,16-17H,1-4,9-13H2. The molecule has 1 aliphatic heterocycles. The molecule has 0 spiro atoms. The molecule has 1 aromatic rings. The molecule has 0 N–H and O–H groups in total. The first-order valence-electron chi connectivity index (χ1n) is 9.88. The van der Waals surface area contributed by atoms with E-state index in [-0.39, 0.29) is 24.0 Å². The number of halogens is 3. The van der Waals surface area contributed by atoms with Gasteiger partial charge in [-0.05, 0) is 37.0 Å². The molecule has 10 heteroatoms. The van der Waals surface area contributed by atoms with Gasteiger partial charge in [-0.2, -0.15) is 13.2 Å². The van der Waals surface area contributed by atoms with E-state index in [1.807, 2.05) is 0 Å². The van der Waals surface area contributed by atoms with E-state index in [1.165, 1.54) is 12.1 Å². The van der Waals surface area contributed by atoms with Crippen molar-refractivity contribution in [2.24, 2.45) is 0 Å². The third-order valence-corrected chi connectivity index (χ3v) is 7.34. The molecule has 1 saturated carbocycles. The summed E-state index contributed by atoms with van der Waals surface area (Å²) >= 11 is 0. The van der Waals surface area contributed by atoms with E-state index in [9.17, 15) is 31.2 Å². The van der Waals surface area contributed by atoms with Gasteiger partial charge in [-0.25, -0.2) is 8.42 Å². The molecule has 3 rings (SSSR count). The van der Waals surface area contributed by atoms with Gasteiger partial charge in [-0.15, -0.1) is 0 Å². The highest BCUT2D eigenvalue weighted by molar-refractivity contribution is 7.91. The van der Waals surface area contributed by atoms with Crippen molar-refractivity contribution >= 4 is 21.7 Å². The van der Waals surface area contributed by atoms with Crippen molar-refractivity contribution in [1.29, 1.82) is 0 Å². The molecule has 166 valence electrons. The normalized spacial score (nSPS) is 21.5. The van der Waals surface area contributed by atoms with E-state index in [0.29, 0.717) is 12.0 Å². The molecule has 30 heavy (non-hydrogen) atoms. The van der Waals surface area contributed by atoms with Gasteiger partial charge in [0, 0.05) is 12.1 Å². The van der Waals surface area contributed by atoms with Crippen LogP contribution in [0.2, 0.25) is 0 Å². The molecule has 1 amide bonds. The second-order valence-electron chi connectivity index (χ2n) is 7.83. The maximum Gasteiger partial charge on any atom is 0.416 e. The Morgan fingerprint density at radius 2 is 1.67 bits per heavy atom. The molecule has 1 aromatic carbocycles. The lowest BCUT2D eigenvalue weighted by molar-refractivity contribution is -0.153. The molecule has 1 heterocycles. The highest BCUT2D eigenvalue weighted by Crippen LogP contribution is 2.30. The van der Waals surface area contributed by atoms with Crippen molar-refractivity contribution in [3.05, 3.63) is 35.4 Å². The van der Waals surface area contributed by atoms with Gasteiger partial charge in [0.1, 0.15) is 0 Å². The van der Waals surface area contributed by atoms with Crippen LogP contribution in [-0.2, 0) is 36.8 Å². The van der Waals surface area contributed by atoms with Crippen LogP contribution < -0.4 is 0 Å². The van der Waals surface area contributed by atoms with Crippen LogP contribution in [0.25, 0.3) is 0 Å². The SMILES string of the molecule is O=C(Cc1ccc(C(F)(F)F)cc1)OCC(=O)N(C1CCCC1)C1CCS(=O)(=O)C1. The molecule has 1 aliphatic carbocycles. The summed E-state index contributed by atoms with van der Waals surface area (Å²) in [5.74, 6) is -1.19. The van der Waals surface area contributed by atoms with Crippen molar-refractivity contribution in [2.45, 2.75) is 56.8 Å². The average molecular weight is 447 g/mol. The Bertz CT molecular complexity index is 877. The summed E-state index contributed by atoms with van der Waals surface area (Å²) in [6, 6.07) is 3.70. The number of amides is 1. The third-order valence-electron chi connectivity index (χ3n) is 5.59. The van der Waals surface area contributed by atoms with Gasteiger partial charge >= 0.3 is 12.1 Å². The van der Waals surface area contributed by atoms with Gasteiger partial charge in [0.25, 0.3) is 5.91 Å². The van der Waals surface area contributed by atoms with Gasteiger partial charge in [0.2, 0.25) is 0 Å². The predicted octanol–water partition coefficient (Wildman–Crippen LogP) is 2.75. The molecule has 1 saturated heterocycles. The topological polar surface area (TPSA) is 80.8 Å². The van der Waals surface area contributed by atoms with Crippen LogP contribution in [-0.4, -0.2) is 55.4 Å². The highest BCUT2D eigenvalue weighted by atomic mass is 32.2. The molecule has 2 aliphatic rings. The summed E-state index contributed by atoms with van der Waals surface area (Å²) in [4.78, 5) is 26.4. The summed E-state index contributed by atoms with van der Waals surface area (Å²) in [7, 11) is -3.17. The van der Waals surface area contributed by atoms with Crippen molar-refractivity contribution in [1.82, 2.24) is 4.90 Å². The van der Waals surface area contributed by atoms with E-state index >= 15 is 0 Å². The first-order valence-corrected chi connectivity index (χ1v) is 11.7. The lowest BCUT2D eigenvalue weighted by Gasteiger charge is -2.33. The van der Waals surface area contributed by atoms with Crippen LogP contribution in [0.3, 0.4) is 0 Å². The number of hydrogen-bond donors (Lipinski definition) is 0. The number of rotatable bonds is 6. The number of benzene rings is 1. The quantitative estimate of drug-likeness (QED) is 0.627. The molecule has 0 aromatic heterocycles. The van der Waals surface area contributed by atoms with E-state index < -0.39 is 46.1 Å². The number of ether oxygens (including phenoxy) is 1. The van der Waals surface area contributed by atoms with E-state index in [1.54, 1.807) is 4.90 Å². The highest BCUT2D eigenvalue weighted by Gasteiger charge is 2.39. The maximum absolute atomic E-state index is 12.8. The zero-order chi connectivity index (χ0) is 21.9. The fraction of sp³-hybridized carbons (Fsp3) is 0.600. The smallest absolute Gasteiger partial charge is 0.416 e. The first kappa shape index (κ1) is 22.6. The summed E-state index contributed by atoms with van der Waals surface area (Å²) in [6.45, 7) is -0.507. The molecule has 6 nitrogen and oxygen atoms in total. The largest absolute Gasteiger partial charge is 0.455 e. The summed E-state index contributed by atoms with van der Waals surface area (Å²) in [5, 5.41) is 0. The minimum atomic E-state index is -4.46. The second-order valence-corrected chi connectivity index (χ2v) is 10.1. The molecular weight excluding hydrogens is 423 g/mol. The van der Waals surface area contributed by atoms with Crippen LogP contribution in [0.4, 0.5) is 13.2 Å². The van der Waals surface area contributed by atoms with Crippen LogP contribution in [0.15, 0.2) is 24.3 Å². The maximum atomic E-state index is 12.8. The minimum absolute atomic E-state index is 0.0435. The van der Waals surface area contributed by atoms with Gasteiger partial charge < -0.3 is 9.64 Å². The van der Waals surface area contributed by atoms with Crippen molar-refractivity contribution in [3.63, 3.8) is 0 Å². The zero-order valence-corrected chi connectivity index (χ0v) is 17.2. The fourth-order valence-electron chi connectivity index (χ4n) is 4.13. The van der Waals surface area contributed by atoms with Gasteiger partial charge in [-0.3, -0.25) is 9.59 Å². The number of esters is 1. The second kappa shape index (κ2) is 8.95. The summed E-state index contributed by atoms with van der Waals surface area (Å²) in [6.07, 6.45) is -0.827. The number of alkyl halides is 3. The van der Waals surface area contributed by atoms with Gasteiger partial charge in [-0.1, -0.05) is 25.0 Å². The van der Waals surface area contributed by atoms with Gasteiger partial charge in [0.15, 0.2) is 16.4 Å². The van der Waals surface area contributed by atoms with Crippen LogP contribution in [0.5, 0.6) is 0 Å². The van der Waals surface area contributed by atoms with Crippen molar-refractivity contribution < 1.29 is 35.9 Å². The third kappa shape index (κ3) is 5.74. The Morgan fingerprint density at radius 3 is 2.20 bits per heavy atom. The molecule has 0 bridgehead atoms. The number of carbonyl (C=O) groups is 2. The van der Waals surface area contributed by atoms with Gasteiger partial charge in [0.05, 0.1) is 23.5 Å². The number of hydrogen-bond acceptors (Lipinski definition) is 5. The summed E-state index contributed by atoms with van der Waals surface area (Å²) < 4.78 is 66.5. The van der Waals surface area contributed by atoms with E-state index in [2.05, 4.69) is 0 Å². The Kier molecular flexibility index (Phi) is 6.74. The fourth-order valence-corrected chi connectivity index (χ4v) is 5.84. The van der Waals surface area contributed by atoms with Crippen molar-refractivity contribution in [3.8, 4) is 0 Å². The van der Waals surface area contributed by atoms with E-state index in [4.69, 9.17) is 4.74 Å². The summed E-state index contributed by atoms with van der Waals surface area (Å²) in [5.41, 5.74) is -0.469. The van der Waals surface area contributed by atoms with Crippen LogP contribution in [0, 0.1) is 0 Å². The Morgan fingerprint density at radius 1 is 1.03 bits per heavy atom. The molecule has 1 atom stereocenters. The minimum Gasteiger partial charge on any atom is -0.455 e. The lowest BCUT2D eigenvalue weighted by Crippen LogP contribution is -2.48. The number of nitrogens with zero attached hydrogens (tertiary/aromatic N) is 1. The predicted molar refractivity (Wildman–Crippen MR) is 102 cm³/mol. The molecule has 2 fully saturated rings. The van der Waals surface area contributed by atoms with Crippen LogP contribution in [0.1, 0.15) is 43.2 Å². The Labute approximate surface area is 173 Å². The average Bonchev–Trinajstić information content (AvgIpc) is 3.30. The molecule has 0 radical (unpaired) electrons. The van der Waals surface area contributed by atoms with Crippen LogP contribution >= 0.6 is 0 Å². The number of carbonyl (C=O) groups excluding carboxylic acids is 2.